The topological polar surface area (TPSA) is 89.3 Å². The molecule has 0 bridgehead atoms. The number of alkyl halides is 3. The summed E-state index contributed by atoms with van der Waals surface area (Å²) in [6.07, 6.45) is -6.21. The van der Waals surface area contributed by atoms with E-state index >= 15 is 0 Å². The van der Waals surface area contributed by atoms with Crippen molar-refractivity contribution >= 4 is 5.91 Å². The zero-order chi connectivity index (χ0) is 11.6. The van der Waals surface area contributed by atoms with Crippen molar-refractivity contribution in [1.82, 2.24) is 4.90 Å². The summed E-state index contributed by atoms with van der Waals surface area (Å²) >= 11 is 0. The second-order valence-electron chi connectivity index (χ2n) is 3.05. The first kappa shape index (κ1) is 11.6. The van der Waals surface area contributed by atoms with Crippen molar-refractivity contribution in [3.05, 3.63) is 10.4 Å². The first-order valence-electron chi connectivity index (χ1n) is 3.94. The highest BCUT2D eigenvalue weighted by Gasteiger charge is 2.46. The van der Waals surface area contributed by atoms with Gasteiger partial charge >= 0.3 is 12.1 Å². The van der Waals surface area contributed by atoms with Crippen LogP contribution in [0.1, 0.15) is 0 Å². The van der Waals surface area contributed by atoms with E-state index in [0.29, 0.717) is 4.90 Å². The summed E-state index contributed by atoms with van der Waals surface area (Å²) in [4.78, 5) is 13.5. The van der Waals surface area contributed by atoms with Gasteiger partial charge in [0.05, 0.1) is 12.1 Å². The summed E-state index contributed by atoms with van der Waals surface area (Å²) in [6.45, 7) is -0.883. The van der Waals surface area contributed by atoms with Crippen LogP contribution in [-0.4, -0.2) is 47.3 Å². The molecule has 1 amide bonds. The van der Waals surface area contributed by atoms with Crippen LogP contribution in [0, 0.1) is 0 Å². The van der Waals surface area contributed by atoms with Gasteiger partial charge in [-0.05, 0) is 5.53 Å². The number of hydrogen-bond donors (Lipinski definition) is 1. The van der Waals surface area contributed by atoms with Gasteiger partial charge in [-0.2, -0.15) is 13.2 Å². The number of carbonyl (C=O) groups excluding carboxylic acids is 1. The Kier molecular flexibility index (Phi) is 3.06. The molecule has 1 rings (SSSR count). The molecule has 1 fully saturated rings. The van der Waals surface area contributed by atoms with Crippen LogP contribution in [0.15, 0.2) is 5.11 Å². The maximum absolute atomic E-state index is 12.0. The van der Waals surface area contributed by atoms with Gasteiger partial charge in [-0.3, -0.25) is 4.79 Å². The molecule has 0 spiro atoms. The summed E-state index contributed by atoms with van der Waals surface area (Å²) < 4.78 is 35.9. The van der Waals surface area contributed by atoms with Crippen molar-refractivity contribution in [2.75, 3.05) is 13.1 Å². The van der Waals surface area contributed by atoms with Crippen LogP contribution in [-0.2, 0) is 4.79 Å². The lowest BCUT2D eigenvalue weighted by molar-refractivity contribution is -0.184. The minimum atomic E-state index is -4.97. The third-order valence-corrected chi connectivity index (χ3v) is 1.99. The van der Waals surface area contributed by atoms with Crippen LogP contribution in [0.25, 0.3) is 10.4 Å². The minimum absolute atomic E-state index is 0.413. The lowest BCUT2D eigenvalue weighted by Gasteiger charge is -2.16. The number of likely N-dealkylation sites (tertiary alicyclic amines) is 1. The number of hydrogen-bond acceptors (Lipinski definition) is 3. The summed E-state index contributed by atoms with van der Waals surface area (Å²) in [5.41, 5.74) is 8.05. The predicted molar refractivity (Wildman–Crippen MR) is 41.6 cm³/mol. The van der Waals surface area contributed by atoms with E-state index in [0.717, 1.165) is 0 Å². The average Bonchev–Trinajstić information content (AvgIpc) is 2.46. The SMILES string of the molecule is [N-]=[N+]=N[C@H]1CN(C(=O)C(F)(F)F)C[C@@H]1O. The van der Waals surface area contributed by atoms with Crippen molar-refractivity contribution in [3.63, 3.8) is 0 Å². The molecule has 0 aromatic carbocycles. The van der Waals surface area contributed by atoms with Crippen LogP contribution < -0.4 is 0 Å². The highest BCUT2D eigenvalue weighted by atomic mass is 19.4. The summed E-state index contributed by atoms with van der Waals surface area (Å²) in [5, 5.41) is 12.3. The van der Waals surface area contributed by atoms with Gasteiger partial charge in [-0.15, -0.1) is 0 Å². The average molecular weight is 224 g/mol. The van der Waals surface area contributed by atoms with Gasteiger partial charge < -0.3 is 10.0 Å². The highest BCUT2D eigenvalue weighted by molar-refractivity contribution is 5.82. The van der Waals surface area contributed by atoms with Gasteiger partial charge in [0.2, 0.25) is 0 Å². The Hall–Kier alpha value is -1.47. The van der Waals surface area contributed by atoms with Gasteiger partial charge in [-0.25, -0.2) is 0 Å². The maximum atomic E-state index is 12.0. The fourth-order valence-corrected chi connectivity index (χ4v) is 1.29. The molecule has 0 aromatic heterocycles. The van der Waals surface area contributed by atoms with E-state index in [2.05, 4.69) is 10.0 Å². The zero-order valence-corrected chi connectivity index (χ0v) is 7.35. The van der Waals surface area contributed by atoms with E-state index in [9.17, 15) is 23.1 Å². The summed E-state index contributed by atoms with van der Waals surface area (Å²) in [5.74, 6) is -2.03. The molecule has 1 saturated heterocycles. The molecule has 0 saturated carbocycles. The van der Waals surface area contributed by atoms with Crippen molar-refractivity contribution in [3.8, 4) is 0 Å². The van der Waals surface area contributed by atoms with E-state index in [1.807, 2.05) is 0 Å². The van der Waals surface area contributed by atoms with Crippen molar-refractivity contribution in [2.24, 2.45) is 5.11 Å². The summed E-state index contributed by atoms with van der Waals surface area (Å²) in [7, 11) is 0. The fraction of sp³-hybridized carbons (Fsp3) is 0.833. The van der Waals surface area contributed by atoms with Gasteiger partial charge in [0, 0.05) is 18.0 Å². The molecule has 0 radical (unpaired) electrons. The van der Waals surface area contributed by atoms with Gasteiger partial charge in [0.1, 0.15) is 0 Å². The van der Waals surface area contributed by atoms with Crippen molar-refractivity contribution < 1.29 is 23.1 Å². The monoisotopic (exact) mass is 224 g/mol. The molecule has 6 nitrogen and oxygen atoms in total. The molecule has 1 aliphatic rings. The zero-order valence-electron chi connectivity index (χ0n) is 7.35. The molecule has 1 N–H and O–H groups in total. The molecule has 0 aliphatic carbocycles. The lowest BCUT2D eigenvalue weighted by Crippen LogP contribution is -2.40. The van der Waals surface area contributed by atoms with E-state index in [1.54, 1.807) is 0 Å². The van der Waals surface area contributed by atoms with E-state index in [4.69, 9.17) is 5.53 Å². The third-order valence-electron chi connectivity index (χ3n) is 1.99. The van der Waals surface area contributed by atoms with Crippen LogP contribution in [0.5, 0.6) is 0 Å². The molecule has 2 atom stereocenters. The first-order valence-corrected chi connectivity index (χ1v) is 3.94. The number of halogens is 3. The molecular weight excluding hydrogens is 217 g/mol. The Balaban J connectivity index is 2.70. The second kappa shape index (κ2) is 3.95. The molecule has 0 unspecified atom stereocenters. The fourth-order valence-electron chi connectivity index (χ4n) is 1.29. The lowest BCUT2D eigenvalue weighted by atomic mass is 10.2. The Morgan fingerprint density at radius 2 is 2.13 bits per heavy atom. The minimum Gasteiger partial charge on any atom is -0.391 e. The second-order valence-corrected chi connectivity index (χ2v) is 3.05. The molecule has 1 heterocycles. The van der Waals surface area contributed by atoms with Crippen LogP contribution in [0.4, 0.5) is 13.2 Å². The Labute approximate surface area is 81.9 Å². The molecule has 15 heavy (non-hydrogen) atoms. The smallest absolute Gasteiger partial charge is 0.391 e. The normalized spacial score (nSPS) is 26.3. The number of β-amino-alcohol motifs (C(OH)–C–C–N with tert-alkyl or cyclic N) is 1. The van der Waals surface area contributed by atoms with Crippen LogP contribution in [0.2, 0.25) is 0 Å². The number of aliphatic hydroxyl groups excluding tert-OH is 1. The van der Waals surface area contributed by atoms with Gasteiger partial charge in [0.15, 0.2) is 0 Å². The molecule has 9 heteroatoms. The number of amides is 1. The first-order chi connectivity index (χ1) is 6.86. The van der Waals surface area contributed by atoms with Gasteiger partial charge in [-0.1, -0.05) is 5.11 Å². The Bertz CT molecular complexity index is 312. The van der Waals surface area contributed by atoms with Crippen LogP contribution in [0.3, 0.4) is 0 Å². The largest absolute Gasteiger partial charge is 0.471 e. The summed E-state index contributed by atoms with van der Waals surface area (Å²) in [6, 6.07) is -1.01. The number of aliphatic hydroxyl groups is 1. The predicted octanol–water partition coefficient (Wildman–Crippen LogP) is 0.431. The molecule has 0 aromatic rings. The Morgan fingerprint density at radius 1 is 1.53 bits per heavy atom. The number of nitrogens with zero attached hydrogens (tertiary/aromatic N) is 4. The standard InChI is InChI=1S/C6H7F3N4O2/c7-6(8,9)5(15)13-1-3(11-12-10)4(14)2-13/h3-4,14H,1-2H2/t3-,4-/m0/s1. The quantitative estimate of drug-likeness (QED) is 0.397. The van der Waals surface area contributed by atoms with E-state index in [1.165, 1.54) is 0 Å². The molecule has 84 valence electrons. The van der Waals surface area contributed by atoms with Gasteiger partial charge in [0.25, 0.3) is 0 Å². The number of carbonyl (C=O) groups is 1. The van der Waals surface area contributed by atoms with Crippen molar-refractivity contribution in [1.29, 1.82) is 0 Å². The van der Waals surface area contributed by atoms with E-state index < -0.39 is 37.3 Å². The third kappa shape index (κ3) is 2.51. The number of azide groups is 1. The Morgan fingerprint density at radius 3 is 2.60 bits per heavy atom. The van der Waals surface area contributed by atoms with Crippen LogP contribution >= 0.6 is 0 Å². The maximum Gasteiger partial charge on any atom is 0.471 e. The molecule has 1 aliphatic heterocycles. The number of rotatable bonds is 1. The molecular formula is C6H7F3N4O2. The highest BCUT2D eigenvalue weighted by Crippen LogP contribution is 2.23. The van der Waals surface area contributed by atoms with Crippen molar-refractivity contribution in [2.45, 2.75) is 18.3 Å². The van der Waals surface area contributed by atoms with E-state index in [-0.39, 0.29) is 0 Å².